The highest BCUT2D eigenvalue weighted by molar-refractivity contribution is 7.56. The molecule has 1 unspecified atom stereocenters. The summed E-state index contributed by atoms with van der Waals surface area (Å²) in [5, 5.41) is 0.602. The number of nitrogens with two attached hydrogens (primary N) is 1. The standard InChI is InChI=1S/C7H9ClNO2P/c1-12(9,10)11-7-4-2-6(8)3-5-7/h2-5H,1H3,(H2,9,10). The van der Waals surface area contributed by atoms with E-state index in [4.69, 9.17) is 21.6 Å². The molecule has 0 aliphatic carbocycles. The molecule has 0 aliphatic rings. The summed E-state index contributed by atoms with van der Waals surface area (Å²) in [4.78, 5) is 0. The first-order valence-corrected chi connectivity index (χ1v) is 5.80. The second-order valence-corrected chi connectivity index (χ2v) is 4.89. The van der Waals surface area contributed by atoms with Gasteiger partial charge in [0.2, 0.25) is 0 Å². The van der Waals surface area contributed by atoms with Crippen molar-refractivity contribution in [3.63, 3.8) is 0 Å². The maximum Gasteiger partial charge on any atom is 0.310 e. The molecule has 0 spiro atoms. The smallest absolute Gasteiger partial charge is 0.310 e. The van der Waals surface area contributed by atoms with Gasteiger partial charge in [0.15, 0.2) is 0 Å². The van der Waals surface area contributed by atoms with Gasteiger partial charge in [0, 0.05) is 11.7 Å². The Morgan fingerprint density at radius 3 is 2.33 bits per heavy atom. The molecule has 3 nitrogen and oxygen atoms in total. The molecular formula is C7H9ClNO2P. The number of hydrogen-bond acceptors (Lipinski definition) is 2. The van der Waals surface area contributed by atoms with E-state index in [1.165, 1.54) is 6.66 Å². The molecule has 66 valence electrons. The van der Waals surface area contributed by atoms with Crippen molar-refractivity contribution in [1.82, 2.24) is 0 Å². The maximum absolute atomic E-state index is 11.0. The Morgan fingerprint density at radius 2 is 1.92 bits per heavy atom. The Bertz CT molecular complexity index is 306. The van der Waals surface area contributed by atoms with Crippen LogP contribution >= 0.6 is 19.1 Å². The van der Waals surface area contributed by atoms with Crippen LogP contribution in [0, 0.1) is 0 Å². The molecule has 0 aliphatic heterocycles. The van der Waals surface area contributed by atoms with E-state index >= 15 is 0 Å². The zero-order chi connectivity index (χ0) is 9.19. The molecule has 1 aromatic rings. The van der Waals surface area contributed by atoms with E-state index in [-0.39, 0.29) is 0 Å². The third kappa shape index (κ3) is 3.26. The molecule has 2 N–H and O–H groups in total. The van der Waals surface area contributed by atoms with Crippen LogP contribution in [0.3, 0.4) is 0 Å². The van der Waals surface area contributed by atoms with Gasteiger partial charge in [-0.1, -0.05) is 11.6 Å². The van der Waals surface area contributed by atoms with Crippen LogP contribution in [0.4, 0.5) is 0 Å². The first-order chi connectivity index (χ1) is 5.47. The van der Waals surface area contributed by atoms with E-state index in [2.05, 4.69) is 0 Å². The highest BCUT2D eigenvalue weighted by atomic mass is 35.5. The summed E-state index contributed by atoms with van der Waals surface area (Å²) < 4.78 is 15.9. The monoisotopic (exact) mass is 205 g/mol. The number of benzene rings is 1. The topological polar surface area (TPSA) is 52.3 Å². The lowest BCUT2D eigenvalue weighted by Gasteiger charge is -2.08. The second kappa shape index (κ2) is 3.48. The first kappa shape index (κ1) is 9.59. The fraction of sp³-hybridized carbons (Fsp3) is 0.143. The van der Waals surface area contributed by atoms with Crippen molar-refractivity contribution < 1.29 is 9.09 Å². The minimum Gasteiger partial charge on any atom is -0.433 e. The third-order valence-corrected chi connectivity index (χ3v) is 1.93. The van der Waals surface area contributed by atoms with E-state index in [1.54, 1.807) is 24.3 Å². The molecule has 1 aromatic carbocycles. The van der Waals surface area contributed by atoms with Crippen LogP contribution in [0.5, 0.6) is 5.75 Å². The van der Waals surface area contributed by atoms with Gasteiger partial charge in [-0.15, -0.1) is 0 Å². The van der Waals surface area contributed by atoms with Gasteiger partial charge in [0.05, 0.1) is 0 Å². The Morgan fingerprint density at radius 1 is 1.42 bits per heavy atom. The zero-order valence-electron chi connectivity index (χ0n) is 6.53. The normalized spacial score (nSPS) is 15.2. The number of hydrogen-bond donors (Lipinski definition) is 1. The molecule has 0 aromatic heterocycles. The third-order valence-electron chi connectivity index (χ3n) is 1.10. The van der Waals surface area contributed by atoms with Crippen molar-refractivity contribution in [2.75, 3.05) is 6.66 Å². The van der Waals surface area contributed by atoms with Gasteiger partial charge in [0.1, 0.15) is 5.75 Å². The number of rotatable bonds is 2. The van der Waals surface area contributed by atoms with Crippen LogP contribution in [-0.2, 0) is 4.57 Å². The Hall–Kier alpha value is -0.500. The van der Waals surface area contributed by atoms with Gasteiger partial charge < -0.3 is 4.52 Å². The predicted octanol–water partition coefficient (Wildman–Crippen LogP) is 2.50. The highest BCUT2D eigenvalue weighted by Crippen LogP contribution is 2.34. The Labute approximate surface area is 76.0 Å². The second-order valence-electron chi connectivity index (χ2n) is 2.45. The molecular weight excluding hydrogens is 197 g/mol. The molecule has 12 heavy (non-hydrogen) atoms. The summed E-state index contributed by atoms with van der Waals surface area (Å²) in [6.45, 7) is 1.35. The summed E-state index contributed by atoms with van der Waals surface area (Å²) in [5.41, 5.74) is 5.21. The van der Waals surface area contributed by atoms with Gasteiger partial charge >= 0.3 is 7.52 Å². The van der Waals surface area contributed by atoms with Crippen LogP contribution in [0.1, 0.15) is 0 Å². The molecule has 0 bridgehead atoms. The van der Waals surface area contributed by atoms with Crippen LogP contribution in [0.15, 0.2) is 24.3 Å². The minimum absolute atomic E-state index is 0.465. The first-order valence-electron chi connectivity index (χ1n) is 3.29. The Balaban J connectivity index is 2.78. The van der Waals surface area contributed by atoms with Gasteiger partial charge in [-0.25, -0.2) is 5.50 Å². The lowest BCUT2D eigenvalue weighted by atomic mass is 10.3. The summed E-state index contributed by atoms with van der Waals surface area (Å²) in [6.07, 6.45) is 0. The lowest BCUT2D eigenvalue weighted by molar-refractivity contribution is 0.489. The number of halogens is 1. The van der Waals surface area contributed by atoms with Gasteiger partial charge in [-0.2, -0.15) is 0 Å². The van der Waals surface area contributed by atoms with E-state index in [9.17, 15) is 4.57 Å². The molecule has 0 saturated heterocycles. The molecule has 1 atom stereocenters. The summed E-state index contributed by atoms with van der Waals surface area (Å²) in [6, 6.07) is 6.52. The van der Waals surface area contributed by atoms with Gasteiger partial charge in [-0.05, 0) is 24.3 Å². The molecule has 5 heteroatoms. The SMILES string of the molecule is CP(N)(=O)Oc1ccc(Cl)cc1. The van der Waals surface area contributed by atoms with Gasteiger partial charge in [-0.3, -0.25) is 4.57 Å². The maximum atomic E-state index is 11.0. The largest absolute Gasteiger partial charge is 0.433 e. The van der Waals surface area contributed by atoms with Crippen molar-refractivity contribution in [3.8, 4) is 5.75 Å². The molecule has 0 amide bonds. The van der Waals surface area contributed by atoms with Crippen molar-refractivity contribution in [1.29, 1.82) is 0 Å². The van der Waals surface area contributed by atoms with Crippen LogP contribution in [0.25, 0.3) is 0 Å². The fourth-order valence-electron chi connectivity index (χ4n) is 0.705. The van der Waals surface area contributed by atoms with Crippen molar-refractivity contribution in [3.05, 3.63) is 29.3 Å². The average molecular weight is 206 g/mol. The van der Waals surface area contributed by atoms with Crippen molar-refractivity contribution in [2.45, 2.75) is 0 Å². The predicted molar refractivity (Wildman–Crippen MR) is 49.8 cm³/mol. The van der Waals surface area contributed by atoms with E-state index < -0.39 is 7.52 Å². The fourth-order valence-corrected chi connectivity index (χ4v) is 1.37. The Kier molecular flexibility index (Phi) is 2.78. The summed E-state index contributed by atoms with van der Waals surface area (Å²) >= 11 is 5.63. The lowest BCUT2D eigenvalue weighted by Crippen LogP contribution is -1.99. The molecule has 0 fully saturated rings. The van der Waals surface area contributed by atoms with Crippen molar-refractivity contribution >= 4 is 19.1 Å². The van der Waals surface area contributed by atoms with Crippen LogP contribution in [0.2, 0.25) is 5.02 Å². The molecule has 0 saturated carbocycles. The van der Waals surface area contributed by atoms with Crippen LogP contribution < -0.4 is 10.0 Å². The molecule has 0 heterocycles. The van der Waals surface area contributed by atoms with Crippen LogP contribution in [-0.4, -0.2) is 6.66 Å². The highest BCUT2D eigenvalue weighted by Gasteiger charge is 2.08. The zero-order valence-corrected chi connectivity index (χ0v) is 8.18. The van der Waals surface area contributed by atoms with Gasteiger partial charge in [0.25, 0.3) is 0 Å². The molecule has 0 radical (unpaired) electrons. The average Bonchev–Trinajstić information content (AvgIpc) is 1.91. The summed E-state index contributed by atoms with van der Waals surface area (Å²) in [5.74, 6) is 0.465. The quantitative estimate of drug-likeness (QED) is 0.755. The van der Waals surface area contributed by atoms with Crippen molar-refractivity contribution in [2.24, 2.45) is 5.50 Å². The molecule has 1 rings (SSSR count). The minimum atomic E-state index is -2.95. The summed E-state index contributed by atoms with van der Waals surface area (Å²) in [7, 11) is -2.95. The van der Waals surface area contributed by atoms with E-state index in [1.807, 2.05) is 0 Å². The van der Waals surface area contributed by atoms with E-state index in [0.717, 1.165) is 0 Å². The van der Waals surface area contributed by atoms with E-state index in [0.29, 0.717) is 10.8 Å².